The largest absolute Gasteiger partial charge is 0.396 e. The second-order valence-corrected chi connectivity index (χ2v) is 4.50. The van der Waals surface area contributed by atoms with Gasteiger partial charge in [0, 0.05) is 17.9 Å². The van der Waals surface area contributed by atoms with Crippen LogP contribution in [0.3, 0.4) is 0 Å². The number of aryl methyl sites for hydroxylation is 1. The van der Waals surface area contributed by atoms with Gasteiger partial charge in [0.1, 0.15) is 0 Å². The van der Waals surface area contributed by atoms with Gasteiger partial charge in [0.05, 0.1) is 0 Å². The molecule has 0 aliphatic heterocycles. The van der Waals surface area contributed by atoms with Gasteiger partial charge < -0.3 is 5.11 Å². The fraction of sp³-hybridized carbons (Fsp3) is 0.333. The van der Waals surface area contributed by atoms with Gasteiger partial charge in [0.2, 0.25) is 0 Å². The van der Waals surface area contributed by atoms with Gasteiger partial charge in [-0.3, -0.25) is 0 Å². The van der Waals surface area contributed by atoms with E-state index in [-0.39, 0.29) is 6.61 Å². The molecule has 0 aliphatic carbocycles. The minimum Gasteiger partial charge on any atom is -0.396 e. The van der Waals surface area contributed by atoms with E-state index in [2.05, 4.69) is 54.2 Å². The van der Waals surface area contributed by atoms with Crippen LogP contribution < -0.4 is 0 Å². The van der Waals surface area contributed by atoms with Crippen LogP contribution in [0.1, 0.15) is 24.8 Å². The molecule has 0 saturated heterocycles. The summed E-state index contributed by atoms with van der Waals surface area (Å²) in [6.45, 7) is 2.31. The van der Waals surface area contributed by atoms with Crippen molar-refractivity contribution in [2.75, 3.05) is 6.61 Å². The topological polar surface area (TPSA) is 20.2 Å². The van der Waals surface area contributed by atoms with Crippen LogP contribution in [-0.2, 0) is 0 Å². The Balaban J connectivity index is 2.28. The van der Waals surface area contributed by atoms with Crippen molar-refractivity contribution in [3.8, 4) is 23.0 Å². The number of unbranched alkanes of at least 4 members (excludes halogenated alkanes) is 2. The van der Waals surface area contributed by atoms with E-state index in [0.717, 1.165) is 24.2 Å². The van der Waals surface area contributed by atoms with E-state index in [1.165, 1.54) is 17.3 Å². The Bertz CT molecular complexity index is 440. The van der Waals surface area contributed by atoms with Crippen molar-refractivity contribution in [3.05, 3.63) is 29.8 Å². The molecular weight excluding hydrogens is 228 g/mol. The molecule has 0 radical (unpaired) electrons. The Hall–Kier alpha value is -1.35. The van der Waals surface area contributed by atoms with E-state index in [0.29, 0.717) is 0 Å². The van der Waals surface area contributed by atoms with Crippen molar-refractivity contribution >= 4 is 11.8 Å². The molecule has 2 heteroatoms. The minimum atomic E-state index is 0.247. The second kappa shape index (κ2) is 8.76. The van der Waals surface area contributed by atoms with Gasteiger partial charge in [-0.1, -0.05) is 23.6 Å². The van der Waals surface area contributed by atoms with Crippen molar-refractivity contribution in [1.82, 2.24) is 0 Å². The standard InChI is InChI=1S/C15H16OS/c1-14-8-10-15(11-9-14)17-13-7-5-3-2-4-6-12-16/h8-11,16H,2,4,6,12H2,1H3. The molecule has 0 saturated carbocycles. The molecule has 0 aromatic heterocycles. The van der Waals surface area contributed by atoms with Gasteiger partial charge in [-0.25, -0.2) is 0 Å². The molecule has 1 aromatic carbocycles. The number of aliphatic hydroxyl groups excluding tert-OH is 1. The first-order valence-corrected chi connectivity index (χ1v) is 6.47. The minimum absolute atomic E-state index is 0.247. The highest BCUT2D eigenvalue weighted by Crippen LogP contribution is 2.16. The Morgan fingerprint density at radius 2 is 1.88 bits per heavy atom. The van der Waals surface area contributed by atoms with Gasteiger partial charge in [-0.2, -0.15) is 0 Å². The van der Waals surface area contributed by atoms with Crippen molar-refractivity contribution in [2.24, 2.45) is 0 Å². The molecule has 0 spiro atoms. The van der Waals surface area contributed by atoms with Crippen molar-refractivity contribution in [1.29, 1.82) is 0 Å². The predicted octanol–water partition coefficient (Wildman–Crippen LogP) is 3.21. The first-order chi connectivity index (χ1) is 8.33. The molecule has 0 aliphatic rings. The molecule has 1 nitrogen and oxygen atoms in total. The summed E-state index contributed by atoms with van der Waals surface area (Å²) in [6, 6.07) is 8.27. The highest BCUT2D eigenvalue weighted by molar-refractivity contribution is 8.03. The van der Waals surface area contributed by atoms with Crippen LogP contribution in [0.25, 0.3) is 0 Å². The van der Waals surface area contributed by atoms with Crippen LogP contribution in [0.5, 0.6) is 0 Å². The molecule has 0 heterocycles. The molecule has 1 rings (SSSR count). The summed E-state index contributed by atoms with van der Waals surface area (Å²) in [5, 5.41) is 11.5. The van der Waals surface area contributed by atoms with E-state index in [4.69, 9.17) is 5.11 Å². The Morgan fingerprint density at radius 1 is 1.12 bits per heavy atom. The summed E-state index contributed by atoms with van der Waals surface area (Å²) in [5.74, 6) is 8.59. The fourth-order valence-corrected chi connectivity index (χ4v) is 1.64. The third kappa shape index (κ3) is 6.74. The van der Waals surface area contributed by atoms with Gasteiger partial charge in [-0.05, 0) is 60.8 Å². The lowest BCUT2D eigenvalue weighted by Crippen LogP contribution is -1.80. The smallest absolute Gasteiger partial charge is 0.0431 e. The van der Waals surface area contributed by atoms with Crippen LogP contribution in [0, 0.1) is 29.9 Å². The lowest BCUT2D eigenvalue weighted by Gasteiger charge is -1.93. The summed E-state index contributed by atoms with van der Waals surface area (Å²) in [7, 11) is 0. The second-order valence-electron chi connectivity index (χ2n) is 3.62. The Morgan fingerprint density at radius 3 is 2.59 bits per heavy atom. The zero-order chi connectivity index (χ0) is 12.3. The number of aliphatic hydroxyl groups is 1. The van der Waals surface area contributed by atoms with Crippen molar-refractivity contribution in [3.63, 3.8) is 0 Å². The molecule has 0 amide bonds. The maximum absolute atomic E-state index is 8.57. The maximum atomic E-state index is 8.57. The lowest BCUT2D eigenvalue weighted by molar-refractivity contribution is 0.285. The van der Waals surface area contributed by atoms with Crippen LogP contribution in [0.4, 0.5) is 0 Å². The molecule has 0 atom stereocenters. The van der Waals surface area contributed by atoms with E-state index in [1.54, 1.807) is 0 Å². The third-order valence-electron chi connectivity index (χ3n) is 2.10. The van der Waals surface area contributed by atoms with Gasteiger partial charge in [-0.15, -0.1) is 0 Å². The zero-order valence-corrected chi connectivity index (χ0v) is 10.8. The maximum Gasteiger partial charge on any atom is 0.0431 e. The number of thioether (sulfide) groups is 1. The van der Waals surface area contributed by atoms with Crippen molar-refractivity contribution < 1.29 is 5.11 Å². The number of hydrogen-bond donors (Lipinski definition) is 1. The van der Waals surface area contributed by atoms with Crippen molar-refractivity contribution in [2.45, 2.75) is 31.1 Å². The number of rotatable bonds is 4. The molecule has 1 aromatic rings. The summed E-state index contributed by atoms with van der Waals surface area (Å²) in [5.41, 5.74) is 1.26. The summed E-state index contributed by atoms with van der Waals surface area (Å²) < 4.78 is 0. The SMILES string of the molecule is Cc1ccc(SC#CC#CCCCCO)cc1. The molecule has 17 heavy (non-hydrogen) atoms. The van der Waals surface area contributed by atoms with Crippen LogP contribution >= 0.6 is 11.8 Å². The van der Waals surface area contributed by atoms with Crippen LogP contribution in [-0.4, -0.2) is 11.7 Å². The normalized spacial score (nSPS) is 8.82. The quantitative estimate of drug-likeness (QED) is 0.498. The highest BCUT2D eigenvalue weighted by atomic mass is 32.2. The van der Waals surface area contributed by atoms with E-state index in [1.807, 2.05) is 0 Å². The zero-order valence-electron chi connectivity index (χ0n) is 9.99. The average molecular weight is 244 g/mol. The van der Waals surface area contributed by atoms with Crippen LogP contribution in [0.2, 0.25) is 0 Å². The monoisotopic (exact) mass is 244 g/mol. The lowest BCUT2D eigenvalue weighted by atomic mass is 10.2. The fourth-order valence-electron chi connectivity index (χ4n) is 1.15. The Labute approximate surface area is 108 Å². The average Bonchev–Trinajstić information content (AvgIpc) is 2.35. The van der Waals surface area contributed by atoms with Crippen LogP contribution in [0.15, 0.2) is 29.2 Å². The predicted molar refractivity (Wildman–Crippen MR) is 73.5 cm³/mol. The molecule has 1 N–H and O–H groups in total. The van der Waals surface area contributed by atoms with Gasteiger partial charge in [0.15, 0.2) is 0 Å². The van der Waals surface area contributed by atoms with E-state index >= 15 is 0 Å². The third-order valence-corrected chi connectivity index (χ3v) is 2.81. The summed E-state index contributed by atoms with van der Waals surface area (Å²) >= 11 is 1.49. The highest BCUT2D eigenvalue weighted by Gasteiger charge is 1.88. The number of hydrogen-bond acceptors (Lipinski definition) is 2. The first kappa shape index (κ1) is 13.7. The molecule has 88 valence electrons. The summed E-state index contributed by atoms with van der Waals surface area (Å²) in [6.07, 6.45) is 2.57. The molecule has 0 bridgehead atoms. The summed E-state index contributed by atoms with van der Waals surface area (Å²) in [4.78, 5) is 1.14. The van der Waals surface area contributed by atoms with E-state index < -0.39 is 0 Å². The Kier molecular flexibility index (Phi) is 7.07. The first-order valence-electron chi connectivity index (χ1n) is 5.65. The van der Waals surface area contributed by atoms with Gasteiger partial charge in [0.25, 0.3) is 0 Å². The van der Waals surface area contributed by atoms with Gasteiger partial charge >= 0.3 is 0 Å². The molecule has 0 fully saturated rings. The van der Waals surface area contributed by atoms with E-state index in [9.17, 15) is 0 Å². The number of benzene rings is 1. The molecular formula is C15H16OS. The molecule has 0 unspecified atom stereocenters.